The molecular weight excluding hydrogens is 505 g/mol. The predicted octanol–water partition coefficient (Wildman–Crippen LogP) is 4.94. The highest BCUT2D eigenvalue weighted by molar-refractivity contribution is 5.97. The zero-order chi connectivity index (χ0) is 27.8. The van der Waals surface area contributed by atoms with E-state index in [2.05, 4.69) is 20.5 Å². The summed E-state index contributed by atoms with van der Waals surface area (Å²) in [5.41, 5.74) is 4.13. The molecule has 0 spiro atoms. The molecule has 2 amide bonds. The van der Waals surface area contributed by atoms with Crippen LogP contribution in [0.2, 0.25) is 0 Å². The van der Waals surface area contributed by atoms with Crippen LogP contribution in [0.1, 0.15) is 83.1 Å². The molecule has 2 aliphatic heterocycles. The second-order valence-corrected chi connectivity index (χ2v) is 12.4. The third-order valence-corrected chi connectivity index (χ3v) is 10.1. The molecule has 8 heteroatoms. The zero-order valence-corrected chi connectivity index (χ0v) is 24.0. The molecule has 7 nitrogen and oxygen atoms in total. The number of H-pyrrole nitrogens is 1. The number of halogens is 1. The predicted molar refractivity (Wildman–Crippen MR) is 156 cm³/mol. The molecule has 3 heterocycles. The maximum atomic E-state index is 14.5. The smallest absolute Gasteiger partial charge is 0.249 e. The van der Waals surface area contributed by atoms with Gasteiger partial charge in [-0.1, -0.05) is 38.5 Å². The topological polar surface area (TPSA) is 80.5 Å². The van der Waals surface area contributed by atoms with E-state index in [1.54, 1.807) is 13.1 Å². The minimum absolute atomic E-state index is 0.0370. The lowest BCUT2D eigenvalue weighted by Crippen LogP contribution is -2.55. The Morgan fingerprint density at radius 2 is 1.75 bits per heavy atom. The van der Waals surface area contributed by atoms with Crippen molar-refractivity contribution in [1.82, 2.24) is 25.4 Å². The Morgan fingerprint density at radius 3 is 2.48 bits per heavy atom. The van der Waals surface area contributed by atoms with E-state index in [4.69, 9.17) is 0 Å². The van der Waals surface area contributed by atoms with Crippen molar-refractivity contribution in [2.45, 2.75) is 102 Å². The third kappa shape index (κ3) is 5.09. The summed E-state index contributed by atoms with van der Waals surface area (Å²) in [6, 6.07) is 4.77. The molecule has 1 aromatic carbocycles. The number of aromatic amines is 1. The largest absolute Gasteiger partial charge is 0.360 e. The van der Waals surface area contributed by atoms with Crippen LogP contribution >= 0.6 is 0 Å². The first-order chi connectivity index (χ1) is 19.5. The number of nitrogens with zero attached hydrogens (tertiary/aromatic N) is 2. The number of carbonyl (C=O) groups excluding carboxylic acids is 2. The van der Waals surface area contributed by atoms with E-state index in [0.29, 0.717) is 12.6 Å². The van der Waals surface area contributed by atoms with Crippen LogP contribution in [0.25, 0.3) is 16.5 Å². The Morgan fingerprint density at radius 1 is 1.02 bits per heavy atom. The molecule has 1 aromatic heterocycles. The van der Waals surface area contributed by atoms with Gasteiger partial charge >= 0.3 is 0 Å². The Kier molecular flexibility index (Phi) is 8.00. The summed E-state index contributed by atoms with van der Waals surface area (Å²) in [6.07, 6.45) is 14.4. The molecule has 2 aliphatic carbocycles. The van der Waals surface area contributed by atoms with E-state index >= 15 is 0 Å². The van der Waals surface area contributed by atoms with Crippen LogP contribution in [0.5, 0.6) is 0 Å². The van der Waals surface area contributed by atoms with Crippen molar-refractivity contribution in [3.8, 4) is 0 Å². The summed E-state index contributed by atoms with van der Waals surface area (Å²) in [4.78, 5) is 35.5. The van der Waals surface area contributed by atoms with E-state index in [1.807, 2.05) is 24.1 Å². The van der Waals surface area contributed by atoms with Crippen LogP contribution in [0.15, 0.2) is 30.1 Å². The summed E-state index contributed by atoms with van der Waals surface area (Å²) < 4.78 is 14.0. The lowest BCUT2D eigenvalue weighted by molar-refractivity contribution is -0.136. The molecule has 3 unspecified atom stereocenters. The Labute approximate surface area is 236 Å². The average molecular weight is 550 g/mol. The van der Waals surface area contributed by atoms with Crippen molar-refractivity contribution in [2.24, 2.45) is 5.92 Å². The number of rotatable bonds is 7. The third-order valence-electron chi connectivity index (χ3n) is 10.1. The normalized spacial score (nSPS) is 24.5. The lowest BCUT2D eigenvalue weighted by Gasteiger charge is -2.35. The van der Waals surface area contributed by atoms with Gasteiger partial charge in [0, 0.05) is 47.5 Å². The van der Waals surface area contributed by atoms with Crippen LogP contribution in [0.4, 0.5) is 4.39 Å². The van der Waals surface area contributed by atoms with Gasteiger partial charge in [0.15, 0.2) is 0 Å². The van der Waals surface area contributed by atoms with Gasteiger partial charge < -0.3 is 20.5 Å². The summed E-state index contributed by atoms with van der Waals surface area (Å²) in [7, 11) is 1.77. The van der Waals surface area contributed by atoms with Gasteiger partial charge in [0.25, 0.3) is 0 Å². The number of hydrogen-bond donors (Lipinski definition) is 3. The van der Waals surface area contributed by atoms with Crippen molar-refractivity contribution in [3.63, 3.8) is 0 Å². The quantitative estimate of drug-likeness (QED) is 0.457. The fraction of sp³-hybridized carbons (Fsp3) is 0.625. The first-order valence-electron chi connectivity index (χ1n) is 15.5. The Hall–Kier alpha value is -2.71. The molecule has 2 aromatic rings. The maximum absolute atomic E-state index is 14.5. The number of fused-ring (bicyclic) bond motifs is 2. The second kappa shape index (κ2) is 11.6. The van der Waals surface area contributed by atoms with Crippen LogP contribution in [-0.2, 0) is 9.59 Å². The number of likely N-dealkylation sites (N-methyl/N-ethyl adjacent to an activating group) is 1. The molecule has 6 rings (SSSR count). The van der Waals surface area contributed by atoms with E-state index < -0.39 is 6.04 Å². The van der Waals surface area contributed by atoms with Gasteiger partial charge in [0.2, 0.25) is 11.8 Å². The van der Waals surface area contributed by atoms with Crippen LogP contribution in [-0.4, -0.2) is 70.9 Å². The molecule has 216 valence electrons. The minimum Gasteiger partial charge on any atom is -0.360 e. The van der Waals surface area contributed by atoms with Gasteiger partial charge in [0.1, 0.15) is 11.9 Å². The number of amides is 2. The highest BCUT2D eigenvalue weighted by atomic mass is 19.1. The van der Waals surface area contributed by atoms with Gasteiger partial charge in [-0.25, -0.2) is 4.39 Å². The number of likely N-dealkylation sites (tertiary alicyclic amines) is 1. The van der Waals surface area contributed by atoms with Crippen molar-refractivity contribution >= 4 is 28.3 Å². The fourth-order valence-corrected chi connectivity index (χ4v) is 7.77. The van der Waals surface area contributed by atoms with Gasteiger partial charge in [-0.05, 0) is 75.8 Å². The van der Waals surface area contributed by atoms with Crippen molar-refractivity contribution in [2.75, 3.05) is 20.1 Å². The molecule has 3 fully saturated rings. The molecular formula is C32H44FN5O2. The summed E-state index contributed by atoms with van der Waals surface area (Å²) in [5.74, 6) is -0.185. The Bertz CT molecular complexity index is 1280. The lowest BCUT2D eigenvalue weighted by atomic mass is 9.83. The van der Waals surface area contributed by atoms with Crippen molar-refractivity contribution in [3.05, 3.63) is 41.5 Å². The highest BCUT2D eigenvalue weighted by Gasteiger charge is 2.47. The SMILES string of the molecule is CNC(C)C(=O)NC(C(=O)N1CCC2C1=C(c1c[nH]c3cc(F)ccc13)CN2C1CCCCC1)C1CCCCC1. The molecule has 2 saturated carbocycles. The number of aromatic nitrogens is 1. The first-order valence-corrected chi connectivity index (χ1v) is 15.5. The van der Waals surface area contributed by atoms with Gasteiger partial charge in [-0.2, -0.15) is 0 Å². The molecule has 3 atom stereocenters. The van der Waals surface area contributed by atoms with E-state index in [9.17, 15) is 14.0 Å². The van der Waals surface area contributed by atoms with Crippen molar-refractivity contribution < 1.29 is 14.0 Å². The maximum Gasteiger partial charge on any atom is 0.249 e. The van der Waals surface area contributed by atoms with E-state index in [1.165, 1.54) is 50.2 Å². The van der Waals surface area contributed by atoms with Crippen LogP contribution in [0.3, 0.4) is 0 Å². The van der Waals surface area contributed by atoms with Gasteiger partial charge in [-0.3, -0.25) is 14.5 Å². The van der Waals surface area contributed by atoms with Crippen molar-refractivity contribution in [1.29, 1.82) is 0 Å². The minimum atomic E-state index is -0.517. The monoisotopic (exact) mass is 549 g/mol. The van der Waals surface area contributed by atoms with Crippen LogP contribution < -0.4 is 10.6 Å². The van der Waals surface area contributed by atoms with E-state index in [-0.39, 0.29) is 35.6 Å². The standard InChI is InChI=1S/C32H44FN5O2/c1-20(34-2)31(39)36-29(21-9-5-3-6-10-21)32(40)37-16-15-28-30(37)26(19-38(28)23-11-7-4-8-12-23)25-18-35-27-17-22(33)13-14-24(25)27/h13-14,17-18,20-21,23,28-29,34-35H,3-12,15-16,19H2,1-2H3,(H,36,39). The van der Waals surface area contributed by atoms with Gasteiger partial charge in [-0.15, -0.1) is 0 Å². The molecule has 3 N–H and O–H groups in total. The van der Waals surface area contributed by atoms with Crippen LogP contribution in [0, 0.1) is 11.7 Å². The molecule has 0 bridgehead atoms. The molecule has 4 aliphatic rings. The zero-order valence-electron chi connectivity index (χ0n) is 24.0. The first kappa shape index (κ1) is 27.5. The Balaban J connectivity index is 1.38. The summed E-state index contributed by atoms with van der Waals surface area (Å²) >= 11 is 0. The second-order valence-electron chi connectivity index (χ2n) is 12.4. The number of benzene rings is 1. The fourth-order valence-electron chi connectivity index (χ4n) is 7.77. The average Bonchev–Trinajstić information content (AvgIpc) is 3.70. The number of carbonyl (C=O) groups is 2. The summed E-state index contributed by atoms with van der Waals surface area (Å²) in [5, 5.41) is 7.19. The number of hydrogen-bond acceptors (Lipinski definition) is 4. The highest BCUT2D eigenvalue weighted by Crippen LogP contribution is 2.45. The van der Waals surface area contributed by atoms with Gasteiger partial charge in [0.05, 0.1) is 12.1 Å². The summed E-state index contributed by atoms with van der Waals surface area (Å²) in [6.45, 7) is 3.31. The molecule has 1 saturated heterocycles. The molecule has 40 heavy (non-hydrogen) atoms. The van der Waals surface area contributed by atoms with E-state index in [0.717, 1.165) is 60.8 Å². The number of nitrogens with one attached hydrogen (secondary N) is 3. The molecule has 0 radical (unpaired) electrons.